The van der Waals surface area contributed by atoms with Crippen LogP contribution in [0.1, 0.15) is 39.3 Å². The van der Waals surface area contributed by atoms with Crippen LogP contribution in [-0.2, 0) is 6.54 Å². The number of amides is 2. The van der Waals surface area contributed by atoms with Crippen LogP contribution in [0.4, 0.5) is 4.79 Å². The molecular formula is C18H24N4O. The van der Waals surface area contributed by atoms with Crippen molar-refractivity contribution in [2.24, 2.45) is 5.41 Å². The van der Waals surface area contributed by atoms with Gasteiger partial charge in [-0.2, -0.15) is 0 Å². The molecule has 3 rings (SSSR count). The molecule has 1 saturated carbocycles. The number of nitrogens with zero attached hydrogens (tertiary/aromatic N) is 3. The van der Waals surface area contributed by atoms with Crippen LogP contribution < -0.4 is 5.32 Å². The summed E-state index contributed by atoms with van der Waals surface area (Å²) in [5, 5.41) is 3.20. The molecule has 0 unspecified atom stereocenters. The molecule has 0 bridgehead atoms. The quantitative estimate of drug-likeness (QED) is 0.945. The van der Waals surface area contributed by atoms with Crippen LogP contribution in [0.5, 0.6) is 0 Å². The molecule has 23 heavy (non-hydrogen) atoms. The smallest absolute Gasteiger partial charge is 0.317 e. The second kappa shape index (κ2) is 5.48. The molecule has 1 fully saturated rings. The number of rotatable bonds is 3. The van der Waals surface area contributed by atoms with E-state index in [0.717, 1.165) is 29.6 Å². The lowest BCUT2D eigenvalue weighted by Crippen LogP contribution is -2.50. The summed E-state index contributed by atoms with van der Waals surface area (Å²) in [6, 6.07) is 7.70. The normalized spacial score (nSPS) is 16.2. The molecule has 1 aromatic carbocycles. The van der Waals surface area contributed by atoms with E-state index in [1.807, 2.05) is 24.3 Å². The number of urea groups is 1. The Morgan fingerprint density at radius 2 is 1.91 bits per heavy atom. The van der Waals surface area contributed by atoms with E-state index >= 15 is 0 Å². The number of aromatic nitrogens is 2. The molecule has 0 aliphatic heterocycles. The third kappa shape index (κ3) is 3.14. The zero-order valence-electron chi connectivity index (χ0n) is 14.3. The minimum absolute atomic E-state index is 0.0487. The largest absolute Gasteiger partial charge is 0.332 e. The van der Waals surface area contributed by atoms with E-state index in [-0.39, 0.29) is 17.0 Å². The fourth-order valence-electron chi connectivity index (χ4n) is 2.87. The maximum atomic E-state index is 12.5. The van der Waals surface area contributed by atoms with Gasteiger partial charge in [-0.3, -0.25) is 4.98 Å². The van der Waals surface area contributed by atoms with E-state index in [2.05, 4.69) is 36.1 Å². The van der Waals surface area contributed by atoms with Gasteiger partial charge in [0.05, 0.1) is 29.5 Å². The Morgan fingerprint density at radius 3 is 2.52 bits per heavy atom. The maximum Gasteiger partial charge on any atom is 0.317 e. The summed E-state index contributed by atoms with van der Waals surface area (Å²) in [7, 11) is 1.80. The summed E-state index contributed by atoms with van der Waals surface area (Å²) in [5.41, 5.74) is 2.53. The van der Waals surface area contributed by atoms with Crippen LogP contribution in [0.25, 0.3) is 11.0 Å². The number of para-hydroxylation sites is 2. The van der Waals surface area contributed by atoms with Crippen molar-refractivity contribution in [2.45, 2.75) is 45.7 Å². The Kier molecular flexibility index (Phi) is 3.74. The molecule has 1 N–H and O–H groups in total. The van der Waals surface area contributed by atoms with Gasteiger partial charge in [0.15, 0.2) is 0 Å². The molecule has 0 saturated heterocycles. The minimum Gasteiger partial charge on any atom is -0.332 e. The molecule has 122 valence electrons. The zero-order valence-corrected chi connectivity index (χ0v) is 14.3. The molecule has 1 aliphatic carbocycles. The monoisotopic (exact) mass is 312 g/mol. The highest BCUT2D eigenvalue weighted by molar-refractivity contribution is 5.76. The van der Waals surface area contributed by atoms with E-state index in [1.165, 1.54) is 0 Å². The van der Waals surface area contributed by atoms with Crippen LogP contribution in [0.15, 0.2) is 30.5 Å². The fourth-order valence-corrected chi connectivity index (χ4v) is 2.87. The van der Waals surface area contributed by atoms with E-state index in [0.29, 0.717) is 6.54 Å². The van der Waals surface area contributed by atoms with Gasteiger partial charge in [0.2, 0.25) is 0 Å². The third-order valence-corrected chi connectivity index (χ3v) is 4.78. The van der Waals surface area contributed by atoms with Gasteiger partial charge in [0, 0.05) is 12.6 Å². The van der Waals surface area contributed by atoms with Gasteiger partial charge >= 0.3 is 6.03 Å². The van der Waals surface area contributed by atoms with Crippen molar-refractivity contribution in [3.8, 4) is 0 Å². The van der Waals surface area contributed by atoms with Crippen LogP contribution >= 0.6 is 0 Å². The van der Waals surface area contributed by atoms with E-state index in [4.69, 9.17) is 0 Å². The van der Waals surface area contributed by atoms with E-state index in [9.17, 15) is 4.79 Å². The summed E-state index contributed by atoms with van der Waals surface area (Å²) in [6.07, 6.45) is 3.83. The lowest BCUT2D eigenvalue weighted by Gasteiger charge is -2.33. The van der Waals surface area contributed by atoms with Crippen LogP contribution in [-0.4, -0.2) is 33.5 Å². The molecule has 0 spiro atoms. The number of hydrogen-bond donors (Lipinski definition) is 1. The lowest BCUT2D eigenvalue weighted by atomic mass is 9.84. The van der Waals surface area contributed by atoms with Gasteiger partial charge in [0.25, 0.3) is 0 Å². The second-order valence-corrected chi connectivity index (χ2v) is 7.47. The van der Waals surface area contributed by atoms with Gasteiger partial charge in [-0.15, -0.1) is 0 Å². The van der Waals surface area contributed by atoms with Crippen molar-refractivity contribution in [1.29, 1.82) is 0 Å². The van der Waals surface area contributed by atoms with Gasteiger partial charge in [-0.1, -0.05) is 32.9 Å². The topological polar surface area (TPSA) is 58.1 Å². The molecule has 2 aromatic rings. The zero-order chi connectivity index (χ0) is 16.7. The van der Waals surface area contributed by atoms with Crippen molar-refractivity contribution >= 4 is 17.1 Å². The predicted molar refractivity (Wildman–Crippen MR) is 91.0 cm³/mol. The fraction of sp³-hybridized carbons (Fsp3) is 0.500. The highest BCUT2D eigenvalue weighted by Gasteiger charge is 2.53. The Morgan fingerprint density at radius 1 is 1.26 bits per heavy atom. The average Bonchev–Trinajstić information content (AvgIpc) is 3.27. The number of carbonyl (C=O) groups excluding carboxylic acids is 1. The second-order valence-electron chi connectivity index (χ2n) is 7.47. The Bertz CT molecular complexity index is 731. The Balaban J connectivity index is 1.68. The molecule has 0 radical (unpaired) electrons. The maximum absolute atomic E-state index is 12.5. The molecule has 1 aliphatic rings. The Hall–Kier alpha value is -2.17. The van der Waals surface area contributed by atoms with E-state index < -0.39 is 0 Å². The van der Waals surface area contributed by atoms with E-state index in [1.54, 1.807) is 18.1 Å². The van der Waals surface area contributed by atoms with Gasteiger partial charge in [-0.05, 0) is 30.4 Å². The van der Waals surface area contributed by atoms with Gasteiger partial charge in [0.1, 0.15) is 0 Å². The first-order valence-corrected chi connectivity index (χ1v) is 8.05. The van der Waals surface area contributed by atoms with Crippen molar-refractivity contribution in [3.05, 3.63) is 36.2 Å². The third-order valence-electron chi connectivity index (χ3n) is 4.78. The Labute approximate surface area is 137 Å². The molecule has 5 heteroatoms. The molecule has 2 amide bonds. The highest BCUT2D eigenvalue weighted by Crippen LogP contribution is 2.49. The van der Waals surface area contributed by atoms with Crippen molar-refractivity contribution in [2.75, 3.05) is 7.05 Å². The van der Waals surface area contributed by atoms with Crippen molar-refractivity contribution < 1.29 is 4.79 Å². The number of fused-ring (bicyclic) bond motifs is 1. The molecular weight excluding hydrogens is 288 g/mol. The molecule has 1 aromatic heterocycles. The summed E-state index contributed by atoms with van der Waals surface area (Å²) in [5.74, 6) is 0. The molecule has 5 nitrogen and oxygen atoms in total. The SMILES string of the molecule is CN(Cc1cnc2ccccc2n1)C(=O)NC1(C(C)(C)C)CC1. The van der Waals surface area contributed by atoms with Crippen LogP contribution in [0.3, 0.4) is 0 Å². The number of carbonyl (C=O) groups is 1. The standard InChI is InChI=1S/C18H24N4O/c1-17(2,3)18(9-10-18)21-16(23)22(4)12-13-11-19-14-7-5-6-8-15(14)20-13/h5-8,11H,9-10,12H2,1-4H3,(H,21,23). The number of nitrogens with one attached hydrogen (secondary N) is 1. The summed E-state index contributed by atoms with van der Waals surface area (Å²) < 4.78 is 0. The predicted octanol–water partition coefficient (Wildman–Crippen LogP) is 3.35. The van der Waals surface area contributed by atoms with Crippen molar-refractivity contribution in [3.63, 3.8) is 0 Å². The lowest BCUT2D eigenvalue weighted by molar-refractivity contribution is 0.180. The number of benzene rings is 1. The van der Waals surface area contributed by atoms with Gasteiger partial charge in [-0.25, -0.2) is 9.78 Å². The molecule has 1 heterocycles. The van der Waals surface area contributed by atoms with Crippen LogP contribution in [0, 0.1) is 5.41 Å². The van der Waals surface area contributed by atoms with Gasteiger partial charge < -0.3 is 10.2 Å². The summed E-state index contributed by atoms with van der Waals surface area (Å²) in [4.78, 5) is 23.1. The first kappa shape index (κ1) is 15.7. The van der Waals surface area contributed by atoms with Crippen LogP contribution in [0.2, 0.25) is 0 Å². The average molecular weight is 312 g/mol. The first-order valence-electron chi connectivity index (χ1n) is 8.05. The molecule has 0 atom stereocenters. The summed E-state index contributed by atoms with van der Waals surface area (Å²) >= 11 is 0. The summed E-state index contributed by atoms with van der Waals surface area (Å²) in [6.45, 7) is 6.98. The first-order chi connectivity index (χ1) is 10.8. The highest BCUT2D eigenvalue weighted by atomic mass is 16.2. The minimum atomic E-state index is -0.0621. The van der Waals surface area contributed by atoms with Crippen molar-refractivity contribution in [1.82, 2.24) is 20.2 Å². The number of hydrogen-bond acceptors (Lipinski definition) is 3.